The van der Waals surface area contributed by atoms with Crippen LogP contribution >= 0.6 is 40.4 Å². The Balaban J connectivity index is 2.59. The molecule has 0 spiro atoms. The second-order valence-electron chi connectivity index (χ2n) is 6.31. The zero-order valence-electron chi connectivity index (χ0n) is 15.1. The molecule has 0 atom stereocenters. The molecule has 144 valence electrons. The van der Waals surface area contributed by atoms with Crippen LogP contribution in [0.4, 0.5) is 0 Å². The van der Waals surface area contributed by atoms with Crippen molar-refractivity contribution in [3.05, 3.63) is 101 Å². The molecule has 3 aromatic rings. The van der Waals surface area contributed by atoms with Crippen LogP contribution in [0.5, 0.6) is 0 Å². The van der Waals surface area contributed by atoms with Crippen molar-refractivity contribution < 1.29 is 4.79 Å². The minimum absolute atomic E-state index is 0.0700. The van der Waals surface area contributed by atoms with E-state index in [9.17, 15) is 4.79 Å². The van der Waals surface area contributed by atoms with Crippen molar-refractivity contribution in [2.45, 2.75) is 6.92 Å². The van der Waals surface area contributed by atoms with E-state index in [-0.39, 0.29) is 10.4 Å². The Morgan fingerprint density at radius 3 is 1.29 bits per heavy atom. The molecule has 0 aliphatic heterocycles. The van der Waals surface area contributed by atoms with E-state index in [1.54, 1.807) is 0 Å². The molecule has 3 rings (SSSR count). The van der Waals surface area contributed by atoms with E-state index in [1.807, 2.05) is 91.0 Å². The first-order chi connectivity index (χ1) is 13.4. The number of halogens is 3. The van der Waals surface area contributed by atoms with E-state index in [0.29, 0.717) is 5.44 Å². The fraction of sp³-hybridized carbons (Fsp3) is 0.0455. The van der Waals surface area contributed by atoms with Crippen LogP contribution in [0.2, 0.25) is 0 Å². The summed E-state index contributed by atoms with van der Waals surface area (Å²) in [5, 5.41) is 5.35. The summed E-state index contributed by atoms with van der Waals surface area (Å²) in [4.78, 5) is 12.1. The van der Waals surface area contributed by atoms with E-state index in [2.05, 4.69) is 5.32 Å². The minimum atomic E-state index is -3.94. The fourth-order valence-electron chi connectivity index (χ4n) is 3.44. The molecule has 0 aliphatic carbocycles. The first-order valence-corrected chi connectivity index (χ1v) is 12.5. The van der Waals surface area contributed by atoms with Gasteiger partial charge in [-0.2, -0.15) is 0 Å². The van der Waals surface area contributed by atoms with Gasteiger partial charge in [0, 0.05) is 0 Å². The molecule has 28 heavy (non-hydrogen) atoms. The van der Waals surface area contributed by atoms with Crippen LogP contribution in [0.25, 0.3) is 0 Å². The number of benzene rings is 3. The molecular formula is C22H19Cl3NOP. The maximum atomic E-state index is 12.1. The Kier molecular flexibility index (Phi) is 6.17. The first-order valence-electron chi connectivity index (χ1n) is 8.63. The average Bonchev–Trinajstić information content (AvgIpc) is 2.73. The molecule has 2 nitrogen and oxygen atoms in total. The van der Waals surface area contributed by atoms with Crippen molar-refractivity contribution in [1.82, 2.24) is 5.32 Å². The van der Waals surface area contributed by atoms with Gasteiger partial charge in [0.1, 0.15) is 0 Å². The standard InChI is InChI=1S/C22H19Cl3NOP/c1-17(27)26-22(21(23)24)28(25,18-11-5-2-6-12-18,19-13-7-3-8-14-19)20-15-9-4-10-16-20/h2-16H,1H3,(H,26,27). The molecule has 0 aromatic heterocycles. The van der Waals surface area contributed by atoms with E-state index in [0.717, 1.165) is 15.9 Å². The number of amides is 1. The number of carbonyl (C=O) groups is 1. The predicted octanol–water partition coefficient (Wildman–Crippen LogP) is 5.41. The molecule has 0 saturated heterocycles. The second kappa shape index (κ2) is 8.27. The Labute approximate surface area is 179 Å². The third kappa shape index (κ3) is 3.36. The zero-order valence-corrected chi connectivity index (χ0v) is 18.3. The third-order valence-corrected chi connectivity index (χ3v) is 12.5. The summed E-state index contributed by atoms with van der Waals surface area (Å²) in [5.41, 5.74) is 0.312. The molecule has 0 bridgehead atoms. The summed E-state index contributed by atoms with van der Waals surface area (Å²) in [6.45, 7) is 1.41. The van der Waals surface area contributed by atoms with Gasteiger partial charge in [-0.3, -0.25) is 0 Å². The fourth-order valence-corrected chi connectivity index (χ4v) is 10.7. The number of nitrogens with one attached hydrogen (secondary N) is 1. The van der Waals surface area contributed by atoms with E-state index in [4.69, 9.17) is 34.4 Å². The molecule has 6 heteroatoms. The Hall–Kier alpha value is -1.83. The number of carbonyl (C=O) groups excluding carboxylic acids is 1. The average molecular weight is 451 g/mol. The maximum absolute atomic E-state index is 12.1. The van der Waals surface area contributed by atoms with Crippen molar-refractivity contribution in [2.24, 2.45) is 0 Å². The third-order valence-electron chi connectivity index (χ3n) is 4.62. The Bertz CT molecular complexity index is 904. The summed E-state index contributed by atoms with van der Waals surface area (Å²) < 4.78 is -0.0700. The summed E-state index contributed by atoms with van der Waals surface area (Å²) >= 11 is 20.6. The van der Waals surface area contributed by atoms with Crippen molar-refractivity contribution in [2.75, 3.05) is 0 Å². The van der Waals surface area contributed by atoms with Crippen molar-refractivity contribution in [3.8, 4) is 0 Å². The van der Waals surface area contributed by atoms with Crippen molar-refractivity contribution in [3.63, 3.8) is 0 Å². The van der Waals surface area contributed by atoms with Crippen LogP contribution < -0.4 is 21.2 Å². The second-order valence-corrected chi connectivity index (χ2v) is 13.3. The summed E-state index contributed by atoms with van der Waals surface area (Å²) in [5.74, 6) is -4.24. The van der Waals surface area contributed by atoms with Gasteiger partial charge in [-0.05, 0) is 0 Å². The van der Waals surface area contributed by atoms with E-state index in [1.165, 1.54) is 6.92 Å². The normalized spacial score (nSPS) is 12.5. The first kappa shape index (κ1) is 20.9. The molecule has 0 fully saturated rings. The predicted molar refractivity (Wildman–Crippen MR) is 124 cm³/mol. The van der Waals surface area contributed by atoms with E-state index >= 15 is 0 Å². The van der Waals surface area contributed by atoms with Crippen LogP contribution in [-0.4, -0.2) is 5.91 Å². The van der Waals surface area contributed by atoms with Gasteiger partial charge in [0.25, 0.3) is 0 Å². The summed E-state index contributed by atoms with van der Waals surface area (Å²) in [7, 11) is 0. The molecule has 0 radical (unpaired) electrons. The van der Waals surface area contributed by atoms with Gasteiger partial charge in [0.15, 0.2) is 0 Å². The quantitative estimate of drug-likeness (QED) is 0.517. The zero-order chi connectivity index (χ0) is 20.2. The molecule has 0 saturated carbocycles. The van der Waals surface area contributed by atoms with Crippen LogP contribution in [-0.2, 0) is 4.79 Å². The molecule has 3 aromatic carbocycles. The summed E-state index contributed by atoms with van der Waals surface area (Å²) in [6.07, 6.45) is 0. The van der Waals surface area contributed by atoms with Crippen LogP contribution in [0, 0.1) is 0 Å². The Morgan fingerprint density at radius 1 is 0.714 bits per heavy atom. The SMILES string of the molecule is CC(=O)NC(=C(Cl)Cl)P(Cl)(c1ccccc1)(c1ccccc1)c1ccccc1. The molecule has 1 N–H and O–H groups in total. The molecule has 1 amide bonds. The van der Waals surface area contributed by atoms with E-state index < -0.39 is 5.96 Å². The molecular weight excluding hydrogens is 432 g/mol. The van der Waals surface area contributed by atoms with Gasteiger partial charge in [-0.25, -0.2) is 0 Å². The van der Waals surface area contributed by atoms with Gasteiger partial charge >= 0.3 is 180 Å². The summed E-state index contributed by atoms with van der Waals surface area (Å²) in [6, 6.07) is 28.9. The molecule has 0 unspecified atom stereocenters. The van der Waals surface area contributed by atoms with Crippen LogP contribution in [0.3, 0.4) is 0 Å². The number of hydrogen-bond donors (Lipinski definition) is 1. The molecule has 0 aliphatic rings. The number of rotatable bonds is 5. The van der Waals surface area contributed by atoms with Crippen molar-refractivity contribution >= 4 is 62.2 Å². The van der Waals surface area contributed by atoms with Gasteiger partial charge in [-0.15, -0.1) is 0 Å². The Morgan fingerprint density at radius 2 is 1.04 bits per heavy atom. The monoisotopic (exact) mass is 449 g/mol. The van der Waals surface area contributed by atoms with Gasteiger partial charge in [0.05, 0.1) is 0 Å². The van der Waals surface area contributed by atoms with Gasteiger partial charge in [-0.1, -0.05) is 0 Å². The van der Waals surface area contributed by atoms with Crippen LogP contribution in [0.15, 0.2) is 101 Å². The molecule has 0 heterocycles. The van der Waals surface area contributed by atoms with Gasteiger partial charge < -0.3 is 0 Å². The number of hydrogen-bond acceptors (Lipinski definition) is 1. The van der Waals surface area contributed by atoms with Crippen LogP contribution in [0.1, 0.15) is 6.92 Å². The topological polar surface area (TPSA) is 29.1 Å². The van der Waals surface area contributed by atoms with Gasteiger partial charge in [0.2, 0.25) is 0 Å². The van der Waals surface area contributed by atoms with Crippen molar-refractivity contribution in [1.29, 1.82) is 0 Å².